The molecule has 0 saturated carbocycles. The smallest absolute Gasteiger partial charge is 0.261 e. The van der Waals surface area contributed by atoms with Gasteiger partial charge in [0.2, 0.25) is 0 Å². The molecule has 0 bridgehead atoms. The quantitative estimate of drug-likeness (QED) is 0.0497. The van der Waals surface area contributed by atoms with E-state index >= 15 is 0 Å². The van der Waals surface area contributed by atoms with Crippen molar-refractivity contribution >= 4 is 48.2 Å². The number of hydrogen-bond donors (Lipinski definition) is 4. The Morgan fingerprint density at radius 1 is 0.549 bits per heavy atom. The number of carbonyl (C=O) groups is 1. The van der Waals surface area contributed by atoms with Gasteiger partial charge in [0.05, 0.1) is 25.9 Å². The second kappa shape index (κ2) is 23.4. The van der Waals surface area contributed by atoms with Gasteiger partial charge in [0, 0.05) is 29.4 Å². The summed E-state index contributed by atoms with van der Waals surface area (Å²) in [6.07, 6.45) is 3.77. The van der Waals surface area contributed by atoms with Gasteiger partial charge in [-0.15, -0.1) is 4.33 Å². The number of methoxy groups -OCH3 is 1. The van der Waals surface area contributed by atoms with Crippen LogP contribution in [0.15, 0.2) is 97.1 Å². The van der Waals surface area contributed by atoms with E-state index in [1.807, 2.05) is 79.7 Å². The van der Waals surface area contributed by atoms with Gasteiger partial charge in [-0.1, -0.05) is 34.9 Å². The van der Waals surface area contributed by atoms with Crippen LogP contribution in [0.25, 0.3) is 0 Å². The van der Waals surface area contributed by atoms with Gasteiger partial charge in [-0.3, -0.25) is 18.5 Å². The van der Waals surface area contributed by atoms with Gasteiger partial charge in [-0.2, -0.15) is 25.3 Å². The Morgan fingerprint density at radius 3 is 1.04 bits per heavy atom. The summed E-state index contributed by atoms with van der Waals surface area (Å²) in [7, 11) is -9.37. The first kappa shape index (κ1) is 46.9. The van der Waals surface area contributed by atoms with Gasteiger partial charge >= 0.3 is 0 Å². The molecule has 16 nitrogen and oxygen atoms in total. The zero-order chi connectivity index (χ0) is 39.3. The van der Waals surface area contributed by atoms with E-state index in [0.717, 1.165) is 29.1 Å². The van der Waals surface area contributed by atoms with Crippen LogP contribution in [0.1, 0.15) is 21.5 Å². The van der Waals surface area contributed by atoms with E-state index in [9.17, 15) is 30.0 Å². The maximum absolute atomic E-state index is 12.6. The van der Waals surface area contributed by atoms with Crippen LogP contribution in [0, 0.1) is 6.92 Å². The molecule has 0 radical (unpaired) electrons. The summed E-state index contributed by atoms with van der Waals surface area (Å²) >= 11 is 0.929. The van der Waals surface area contributed by atoms with E-state index in [2.05, 4.69) is 9.37 Å². The molecule has 0 aliphatic rings. The molecule has 4 rings (SSSR count). The summed E-state index contributed by atoms with van der Waals surface area (Å²) < 4.78 is 98.3. The standard InChI is InChI=1S/C27H22O4.4CH4O3S/c1-19-3-5-20(6-4-19)27(28)21-7-9-23(10-8-21)30-25-15-17-26(18-16-25)31-24-13-11-22(29-2)12-14-24;3*1-5(2,3)4;1-5-4-3-2/h3-18H,1-2H3;3*1H3,(H,2,3,4);2H,1H3. The molecule has 4 aromatic rings. The van der Waals surface area contributed by atoms with Crippen molar-refractivity contribution in [3.8, 4) is 28.7 Å². The zero-order valence-electron chi connectivity index (χ0n) is 28.1. The summed E-state index contributed by atoms with van der Waals surface area (Å²) in [5.74, 6) is 3.54. The number of ether oxygens (including phenoxy) is 3. The van der Waals surface area contributed by atoms with Crippen molar-refractivity contribution in [1.82, 2.24) is 0 Å². The van der Waals surface area contributed by atoms with Gasteiger partial charge in [0.15, 0.2) is 5.78 Å². The van der Waals surface area contributed by atoms with Crippen LogP contribution in [0.5, 0.6) is 28.7 Å². The Morgan fingerprint density at radius 2 is 0.804 bits per heavy atom. The van der Waals surface area contributed by atoms with Crippen LogP contribution < -0.4 is 14.2 Å². The predicted octanol–water partition coefficient (Wildman–Crippen LogP) is 6.02. The third-order valence-corrected chi connectivity index (χ3v) is 5.08. The highest BCUT2D eigenvalue weighted by Gasteiger charge is 2.09. The van der Waals surface area contributed by atoms with E-state index in [4.69, 9.17) is 33.1 Å². The SMILES string of the molecule is COc1ccc(Oc2ccc(Oc3ccc(C(=O)c4ccc(C)cc4)cc3)cc2)cc1.CS(=O)(=O)O.CS(=O)(=O)O.CS(=O)(=O)O.CSOOO. The van der Waals surface area contributed by atoms with Crippen LogP contribution in [0.2, 0.25) is 0 Å². The number of aryl methyl sites for hydroxylation is 1. The fraction of sp³-hybridized carbons (Fsp3) is 0.194. The highest BCUT2D eigenvalue weighted by molar-refractivity contribution is 7.93. The second-order valence-electron chi connectivity index (χ2n) is 9.58. The average Bonchev–Trinajstić information content (AvgIpc) is 3.01. The van der Waals surface area contributed by atoms with E-state index in [0.29, 0.717) is 47.1 Å². The Balaban J connectivity index is 0.00000102. The van der Waals surface area contributed by atoms with Crippen LogP contribution in [-0.2, 0) is 39.7 Å². The first-order valence-electron chi connectivity index (χ1n) is 13.6. The number of carbonyl (C=O) groups excluding carboxylic acids is 1. The summed E-state index contributed by atoms with van der Waals surface area (Å²) in [5, 5.41) is 10.5. The lowest BCUT2D eigenvalue weighted by atomic mass is 10.0. The molecule has 0 heterocycles. The monoisotopic (exact) mass is 794 g/mol. The molecule has 0 fully saturated rings. The molecule has 0 aliphatic heterocycles. The Labute approximate surface area is 301 Å². The maximum atomic E-state index is 12.6. The topological polar surface area (TPSA) is 247 Å². The van der Waals surface area contributed by atoms with Gasteiger partial charge in [-0.05, 0) is 79.7 Å². The zero-order valence-corrected chi connectivity index (χ0v) is 31.3. The molecule has 0 atom stereocenters. The fourth-order valence-electron chi connectivity index (χ4n) is 3.07. The third-order valence-electron chi connectivity index (χ3n) is 4.88. The molecular formula is C31H38O16S4. The summed E-state index contributed by atoms with van der Waals surface area (Å²) in [5.41, 5.74) is 2.42. The van der Waals surface area contributed by atoms with Gasteiger partial charge in [0.25, 0.3) is 30.4 Å². The molecule has 0 saturated heterocycles. The van der Waals surface area contributed by atoms with Crippen LogP contribution in [-0.4, -0.2) is 82.1 Å². The van der Waals surface area contributed by atoms with Crippen molar-refractivity contribution in [3.63, 3.8) is 0 Å². The van der Waals surface area contributed by atoms with Gasteiger partial charge in [-0.25, -0.2) is 5.26 Å². The van der Waals surface area contributed by atoms with Crippen LogP contribution >= 0.6 is 12.0 Å². The van der Waals surface area contributed by atoms with Crippen molar-refractivity contribution in [2.75, 3.05) is 32.1 Å². The van der Waals surface area contributed by atoms with Crippen molar-refractivity contribution in [2.45, 2.75) is 6.92 Å². The van der Waals surface area contributed by atoms with Crippen molar-refractivity contribution in [3.05, 3.63) is 114 Å². The van der Waals surface area contributed by atoms with E-state index < -0.39 is 30.4 Å². The molecule has 0 aliphatic carbocycles. The largest absolute Gasteiger partial charge is 0.497 e. The minimum Gasteiger partial charge on any atom is -0.497 e. The van der Waals surface area contributed by atoms with Crippen molar-refractivity contribution in [1.29, 1.82) is 0 Å². The van der Waals surface area contributed by atoms with Gasteiger partial charge in [0.1, 0.15) is 28.7 Å². The first-order valence-corrected chi connectivity index (χ1v) is 20.3. The first-order chi connectivity index (χ1) is 23.5. The van der Waals surface area contributed by atoms with Gasteiger partial charge < -0.3 is 14.2 Å². The number of hydrogen-bond acceptors (Lipinski definition) is 14. The molecular weight excluding hydrogens is 757 g/mol. The highest BCUT2D eigenvalue weighted by atomic mass is 32.2. The Bertz CT molecular complexity index is 1820. The van der Waals surface area contributed by atoms with Crippen LogP contribution in [0.4, 0.5) is 0 Å². The number of ketones is 1. The molecule has 20 heteroatoms. The lowest BCUT2D eigenvalue weighted by molar-refractivity contribution is -0.432. The molecule has 0 unspecified atom stereocenters. The molecule has 0 aromatic heterocycles. The van der Waals surface area contributed by atoms with E-state index in [1.165, 1.54) is 0 Å². The average molecular weight is 795 g/mol. The molecule has 0 amide bonds. The summed E-state index contributed by atoms with van der Waals surface area (Å²) in [4.78, 5) is 12.6. The van der Waals surface area contributed by atoms with Crippen molar-refractivity contribution < 1.29 is 72.5 Å². The van der Waals surface area contributed by atoms with E-state index in [1.54, 1.807) is 37.6 Å². The molecule has 4 aromatic carbocycles. The van der Waals surface area contributed by atoms with E-state index in [-0.39, 0.29) is 5.78 Å². The Kier molecular flexibility index (Phi) is 21.5. The molecule has 0 spiro atoms. The highest BCUT2D eigenvalue weighted by Crippen LogP contribution is 2.28. The normalized spacial score (nSPS) is 10.5. The summed E-state index contributed by atoms with van der Waals surface area (Å²) in [6, 6.07) is 29.5. The maximum Gasteiger partial charge on any atom is 0.261 e. The third kappa shape index (κ3) is 28.3. The molecule has 4 N–H and O–H groups in total. The lowest BCUT2D eigenvalue weighted by Gasteiger charge is -2.09. The summed E-state index contributed by atoms with van der Waals surface area (Å²) in [6.45, 7) is 2.00. The number of rotatable bonds is 9. The minimum absolute atomic E-state index is 0.00779. The lowest BCUT2D eigenvalue weighted by Crippen LogP contribution is -2.00. The van der Waals surface area contributed by atoms with Crippen molar-refractivity contribution in [2.24, 2.45) is 0 Å². The number of benzene rings is 4. The fourth-order valence-corrected chi connectivity index (χ4v) is 3.13. The minimum atomic E-state index is -3.67. The second-order valence-corrected chi connectivity index (χ2v) is 14.4. The molecule has 51 heavy (non-hydrogen) atoms. The predicted molar refractivity (Wildman–Crippen MR) is 191 cm³/mol. The Hall–Kier alpha value is -4.09. The molecule has 282 valence electrons. The van der Waals surface area contributed by atoms with Crippen LogP contribution in [0.3, 0.4) is 0 Å².